The minimum Gasteiger partial charge on any atom is -0.493 e. The van der Waals surface area contributed by atoms with Gasteiger partial charge in [-0.05, 0) is 26.0 Å². The molecule has 110 valence electrons. The van der Waals surface area contributed by atoms with E-state index in [-0.39, 0.29) is 18.1 Å². The first kappa shape index (κ1) is 14.8. The van der Waals surface area contributed by atoms with Crippen LogP contribution in [0.3, 0.4) is 0 Å². The number of amides is 1. The Bertz CT molecular complexity index is 464. The highest BCUT2D eigenvalue weighted by Crippen LogP contribution is 2.22. The summed E-state index contributed by atoms with van der Waals surface area (Å²) < 4.78 is 11.2. The number of nitrogens with two attached hydrogens (primary N) is 1. The van der Waals surface area contributed by atoms with Crippen LogP contribution in [0.15, 0.2) is 24.3 Å². The maximum Gasteiger partial charge on any atom is 0.257 e. The van der Waals surface area contributed by atoms with Gasteiger partial charge in [0, 0.05) is 19.6 Å². The molecule has 0 radical (unpaired) electrons. The molecule has 1 aromatic rings. The van der Waals surface area contributed by atoms with Gasteiger partial charge in [-0.1, -0.05) is 12.1 Å². The number of carbonyl (C=O) groups excluding carboxylic acids is 1. The van der Waals surface area contributed by atoms with Crippen molar-refractivity contribution in [1.29, 1.82) is 0 Å². The third-order valence-electron chi connectivity index (χ3n) is 3.29. The molecule has 0 aliphatic carbocycles. The molecule has 1 amide bonds. The van der Waals surface area contributed by atoms with E-state index in [4.69, 9.17) is 15.2 Å². The first-order valence-corrected chi connectivity index (χ1v) is 7.02. The Morgan fingerprint density at radius 2 is 2.20 bits per heavy atom. The second-order valence-corrected chi connectivity index (χ2v) is 4.94. The minimum atomic E-state index is -0.0954. The SMILES string of the molecule is CCOc1ccccc1C(=O)N1CC(C)OC(CN)C1. The van der Waals surface area contributed by atoms with E-state index in [0.717, 1.165) is 0 Å². The molecule has 5 heteroatoms. The predicted octanol–water partition coefficient (Wildman–Crippen LogP) is 1.27. The van der Waals surface area contributed by atoms with Crippen LogP contribution in [0, 0.1) is 0 Å². The Labute approximate surface area is 119 Å². The van der Waals surface area contributed by atoms with E-state index in [9.17, 15) is 4.79 Å². The molecule has 2 N–H and O–H groups in total. The summed E-state index contributed by atoms with van der Waals surface area (Å²) in [4.78, 5) is 14.4. The quantitative estimate of drug-likeness (QED) is 0.901. The van der Waals surface area contributed by atoms with E-state index in [2.05, 4.69) is 0 Å². The summed E-state index contributed by atoms with van der Waals surface area (Å²) >= 11 is 0. The van der Waals surface area contributed by atoms with E-state index in [0.29, 0.717) is 37.6 Å². The van der Waals surface area contributed by atoms with Crippen LogP contribution in [0.1, 0.15) is 24.2 Å². The van der Waals surface area contributed by atoms with Gasteiger partial charge in [-0.15, -0.1) is 0 Å². The fraction of sp³-hybridized carbons (Fsp3) is 0.533. The van der Waals surface area contributed by atoms with Gasteiger partial charge < -0.3 is 20.1 Å². The molecule has 0 saturated carbocycles. The molecule has 0 spiro atoms. The van der Waals surface area contributed by atoms with Gasteiger partial charge in [0.15, 0.2) is 0 Å². The number of hydrogen-bond donors (Lipinski definition) is 1. The molecule has 2 rings (SSSR count). The van der Waals surface area contributed by atoms with Crippen molar-refractivity contribution in [1.82, 2.24) is 4.90 Å². The summed E-state index contributed by atoms with van der Waals surface area (Å²) in [6.45, 7) is 5.92. The second kappa shape index (κ2) is 6.72. The highest BCUT2D eigenvalue weighted by Gasteiger charge is 2.29. The Balaban J connectivity index is 2.18. The molecule has 0 aromatic heterocycles. The standard InChI is InChI=1S/C15H22N2O3/c1-3-19-14-7-5-4-6-13(14)15(18)17-9-11(2)20-12(8-16)10-17/h4-7,11-12H,3,8-10,16H2,1-2H3. The highest BCUT2D eigenvalue weighted by atomic mass is 16.5. The van der Waals surface area contributed by atoms with E-state index in [1.165, 1.54) is 0 Å². The van der Waals surface area contributed by atoms with Crippen molar-refractivity contribution >= 4 is 5.91 Å². The van der Waals surface area contributed by atoms with Crippen LogP contribution >= 0.6 is 0 Å². The maximum absolute atomic E-state index is 12.7. The fourth-order valence-electron chi connectivity index (χ4n) is 2.44. The molecule has 1 aliphatic heterocycles. The summed E-state index contributed by atoms with van der Waals surface area (Å²) in [5, 5.41) is 0. The summed E-state index contributed by atoms with van der Waals surface area (Å²) in [6, 6.07) is 7.33. The number of rotatable bonds is 4. The van der Waals surface area contributed by atoms with Crippen molar-refractivity contribution in [2.75, 3.05) is 26.2 Å². The smallest absolute Gasteiger partial charge is 0.257 e. The normalized spacial score (nSPS) is 22.6. The monoisotopic (exact) mass is 278 g/mol. The Kier molecular flexibility index (Phi) is 4.98. The Morgan fingerprint density at radius 1 is 1.45 bits per heavy atom. The number of benzene rings is 1. The zero-order chi connectivity index (χ0) is 14.5. The number of nitrogens with zero attached hydrogens (tertiary/aromatic N) is 1. The van der Waals surface area contributed by atoms with E-state index in [1.807, 2.05) is 32.0 Å². The second-order valence-electron chi connectivity index (χ2n) is 4.94. The molecule has 0 bridgehead atoms. The molecule has 20 heavy (non-hydrogen) atoms. The molecule has 5 nitrogen and oxygen atoms in total. The summed E-state index contributed by atoms with van der Waals surface area (Å²) in [6.07, 6.45) is -0.0949. The van der Waals surface area contributed by atoms with Gasteiger partial charge in [-0.3, -0.25) is 4.79 Å². The molecular weight excluding hydrogens is 256 g/mol. The highest BCUT2D eigenvalue weighted by molar-refractivity contribution is 5.97. The van der Waals surface area contributed by atoms with Crippen LogP contribution in [0.4, 0.5) is 0 Å². The summed E-state index contributed by atoms with van der Waals surface area (Å²) in [7, 11) is 0. The van der Waals surface area contributed by atoms with Gasteiger partial charge in [-0.25, -0.2) is 0 Å². The third kappa shape index (κ3) is 3.29. The molecular formula is C15H22N2O3. The fourth-order valence-corrected chi connectivity index (χ4v) is 2.44. The van der Waals surface area contributed by atoms with Crippen molar-refractivity contribution < 1.29 is 14.3 Å². The van der Waals surface area contributed by atoms with Crippen molar-refractivity contribution in [3.8, 4) is 5.75 Å². The zero-order valence-corrected chi connectivity index (χ0v) is 12.0. The van der Waals surface area contributed by atoms with Crippen LogP contribution < -0.4 is 10.5 Å². The summed E-state index contributed by atoms with van der Waals surface area (Å²) in [5.41, 5.74) is 6.25. The van der Waals surface area contributed by atoms with Crippen molar-refractivity contribution in [3.05, 3.63) is 29.8 Å². The molecule has 1 aromatic carbocycles. The Hall–Kier alpha value is -1.59. The van der Waals surface area contributed by atoms with Crippen LogP contribution in [-0.4, -0.2) is 49.3 Å². The first-order valence-electron chi connectivity index (χ1n) is 7.02. The van der Waals surface area contributed by atoms with Gasteiger partial charge in [0.1, 0.15) is 5.75 Å². The van der Waals surface area contributed by atoms with Gasteiger partial charge in [-0.2, -0.15) is 0 Å². The molecule has 1 fully saturated rings. The average molecular weight is 278 g/mol. The largest absolute Gasteiger partial charge is 0.493 e. The minimum absolute atomic E-state index is 0.000468. The van der Waals surface area contributed by atoms with E-state index >= 15 is 0 Å². The van der Waals surface area contributed by atoms with E-state index < -0.39 is 0 Å². The van der Waals surface area contributed by atoms with Gasteiger partial charge >= 0.3 is 0 Å². The molecule has 1 heterocycles. The number of morpholine rings is 1. The summed E-state index contributed by atoms with van der Waals surface area (Å²) in [5.74, 6) is 0.603. The topological polar surface area (TPSA) is 64.8 Å². The molecule has 2 unspecified atom stereocenters. The van der Waals surface area contributed by atoms with Crippen molar-refractivity contribution in [2.24, 2.45) is 5.73 Å². The third-order valence-corrected chi connectivity index (χ3v) is 3.29. The average Bonchev–Trinajstić information content (AvgIpc) is 2.46. The van der Waals surface area contributed by atoms with E-state index in [1.54, 1.807) is 11.0 Å². The number of ether oxygens (including phenoxy) is 2. The zero-order valence-electron chi connectivity index (χ0n) is 12.0. The number of hydrogen-bond acceptors (Lipinski definition) is 4. The molecule has 1 aliphatic rings. The lowest BCUT2D eigenvalue weighted by Gasteiger charge is -2.36. The number of carbonyl (C=O) groups is 1. The predicted molar refractivity (Wildman–Crippen MR) is 76.9 cm³/mol. The van der Waals surface area contributed by atoms with Crippen molar-refractivity contribution in [3.63, 3.8) is 0 Å². The molecule has 2 atom stereocenters. The molecule has 1 saturated heterocycles. The maximum atomic E-state index is 12.7. The number of para-hydroxylation sites is 1. The van der Waals surface area contributed by atoms with Gasteiger partial charge in [0.25, 0.3) is 5.91 Å². The van der Waals surface area contributed by atoms with Crippen LogP contribution in [0.25, 0.3) is 0 Å². The Morgan fingerprint density at radius 3 is 2.90 bits per heavy atom. The first-order chi connectivity index (χ1) is 9.65. The van der Waals surface area contributed by atoms with Gasteiger partial charge in [0.05, 0.1) is 24.4 Å². The lowest BCUT2D eigenvalue weighted by molar-refractivity contribution is -0.0626. The van der Waals surface area contributed by atoms with Crippen molar-refractivity contribution in [2.45, 2.75) is 26.1 Å². The van der Waals surface area contributed by atoms with Crippen LogP contribution in [0.5, 0.6) is 5.75 Å². The van der Waals surface area contributed by atoms with Crippen LogP contribution in [0.2, 0.25) is 0 Å². The lowest BCUT2D eigenvalue weighted by atomic mass is 10.1. The van der Waals surface area contributed by atoms with Gasteiger partial charge in [0.2, 0.25) is 0 Å². The lowest BCUT2D eigenvalue weighted by Crippen LogP contribution is -2.51. The van der Waals surface area contributed by atoms with Crippen LogP contribution in [-0.2, 0) is 4.74 Å².